The average Bonchev–Trinajstić information content (AvgIpc) is 3.26. The molecule has 28 heavy (non-hydrogen) atoms. The van der Waals surface area contributed by atoms with Crippen LogP contribution in [0.4, 0.5) is 0 Å². The second-order valence-corrected chi connectivity index (χ2v) is 6.55. The molecule has 1 amide bonds. The van der Waals surface area contributed by atoms with E-state index in [0.717, 1.165) is 5.56 Å². The van der Waals surface area contributed by atoms with E-state index < -0.39 is 0 Å². The van der Waals surface area contributed by atoms with Crippen LogP contribution in [-0.2, 0) is 6.54 Å². The molecule has 2 aromatic carbocycles. The van der Waals surface area contributed by atoms with Crippen molar-refractivity contribution in [3.05, 3.63) is 100 Å². The maximum Gasteiger partial charge on any atom is 0.274 e. The molecule has 140 valence electrons. The van der Waals surface area contributed by atoms with Crippen LogP contribution < -0.4 is 10.9 Å². The van der Waals surface area contributed by atoms with Crippen molar-refractivity contribution < 1.29 is 9.21 Å². The van der Waals surface area contributed by atoms with Crippen molar-refractivity contribution in [2.45, 2.75) is 19.5 Å². The smallest absolute Gasteiger partial charge is 0.274 e. The minimum absolute atomic E-state index is 0.213. The molecule has 0 aliphatic carbocycles. The quantitative estimate of drug-likeness (QED) is 0.581. The standard InChI is InChI=1S/C22H19N3O3/c1-15(19-12-7-13-28-19)23-21(26)20-17-10-5-6-11-18(17)22(27)25(24-20)14-16-8-3-2-4-9-16/h2-13,15H,14H2,1H3,(H,23,26)/t15-/m1/s1. The van der Waals surface area contributed by atoms with Gasteiger partial charge in [0.1, 0.15) is 5.76 Å². The molecule has 0 unspecified atom stereocenters. The molecular weight excluding hydrogens is 354 g/mol. The van der Waals surface area contributed by atoms with Crippen molar-refractivity contribution in [2.24, 2.45) is 0 Å². The Bertz CT molecular complexity index is 1160. The van der Waals surface area contributed by atoms with Crippen LogP contribution >= 0.6 is 0 Å². The van der Waals surface area contributed by atoms with E-state index >= 15 is 0 Å². The van der Waals surface area contributed by atoms with Gasteiger partial charge in [0, 0.05) is 5.39 Å². The van der Waals surface area contributed by atoms with Crippen molar-refractivity contribution in [1.29, 1.82) is 0 Å². The van der Waals surface area contributed by atoms with Gasteiger partial charge in [-0.25, -0.2) is 4.68 Å². The molecule has 0 fully saturated rings. The van der Waals surface area contributed by atoms with Crippen molar-refractivity contribution in [1.82, 2.24) is 15.1 Å². The predicted molar refractivity (Wildman–Crippen MR) is 106 cm³/mol. The predicted octanol–water partition coefficient (Wildman–Crippen LogP) is 3.53. The minimum atomic E-state index is -0.359. The topological polar surface area (TPSA) is 77.1 Å². The Morgan fingerprint density at radius 3 is 2.46 bits per heavy atom. The average molecular weight is 373 g/mol. The van der Waals surface area contributed by atoms with Gasteiger partial charge < -0.3 is 9.73 Å². The molecule has 6 nitrogen and oxygen atoms in total. The Morgan fingerprint density at radius 1 is 1.04 bits per heavy atom. The van der Waals surface area contributed by atoms with Gasteiger partial charge in [-0.15, -0.1) is 0 Å². The summed E-state index contributed by atoms with van der Waals surface area (Å²) in [5.41, 5.74) is 0.919. The maximum atomic E-state index is 12.9. The Hall–Kier alpha value is -3.67. The summed E-state index contributed by atoms with van der Waals surface area (Å²) < 4.78 is 6.69. The molecule has 1 atom stereocenters. The number of carbonyl (C=O) groups is 1. The molecule has 1 N–H and O–H groups in total. The number of benzene rings is 2. The molecule has 0 radical (unpaired) electrons. The molecule has 0 aliphatic heterocycles. The van der Waals surface area contributed by atoms with Crippen LogP contribution in [0.25, 0.3) is 10.8 Å². The fourth-order valence-corrected chi connectivity index (χ4v) is 3.14. The van der Waals surface area contributed by atoms with E-state index in [1.165, 1.54) is 4.68 Å². The van der Waals surface area contributed by atoms with Gasteiger partial charge in [-0.1, -0.05) is 48.5 Å². The fourth-order valence-electron chi connectivity index (χ4n) is 3.14. The number of furan rings is 1. The molecular formula is C22H19N3O3. The number of nitrogens with zero attached hydrogens (tertiary/aromatic N) is 2. The first-order chi connectivity index (χ1) is 13.6. The number of nitrogens with one attached hydrogen (secondary N) is 1. The Morgan fingerprint density at radius 2 is 1.75 bits per heavy atom. The van der Waals surface area contributed by atoms with Gasteiger partial charge in [0.25, 0.3) is 11.5 Å². The van der Waals surface area contributed by atoms with Crippen molar-refractivity contribution in [3.8, 4) is 0 Å². The zero-order valence-corrected chi connectivity index (χ0v) is 15.3. The minimum Gasteiger partial charge on any atom is -0.467 e. The highest BCUT2D eigenvalue weighted by Gasteiger charge is 2.19. The molecule has 2 heterocycles. The number of fused-ring (bicyclic) bond motifs is 1. The van der Waals surface area contributed by atoms with Crippen LogP contribution in [0, 0.1) is 0 Å². The van der Waals surface area contributed by atoms with Crippen LogP contribution in [0.2, 0.25) is 0 Å². The first-order valence-electron chi connectivity index (χ1n) is 9.01. The highest BCUT2D eigenvalue weighted by Crippen LogP contribution is 2.17. The summed E-state index contributed by atoms with van der Waals surface area (Å²) in [5.74, 6) is 0.289. The SMILES string of the molecule is C[C@@H](NC(=O)c1nn(Cc2ccccc2)c(=O)c2ccccc12)c1ccco1. The molecule has 0 saturated heterocycles. The fraction of sp³-hybridized carbons (Fsp3) is 0.136. The number of hydrogen-bond acceptors (Lipinski definition) is 4. The largest absolute Gasteiger partial charge is 0.467 e. The number of aromatic nitrogens is 2. The molecule has 4 aromatic rings. The summed E-state index contributed by atoms with van der Waals surface area (Å²) >= 11 is 0. The van der Waals surface area contributed by atoms with Gasteiger partial charge >= 0.3 is 0 Å². The van der Waals surface area contributed by atoms with Gasteiger partial charge in [-0.3, -0.25) is 9.59 Å². The summed E-state index contributed by atoms with van der Waals surface area (Å²) in [6.45, 7) is 2.12. The normalized spacial score (nSPS) is 12.0. The van der Waals surface area contributed by atoms with E-state index in [4.69, 9.17) is 4.42 Å². The highest BCUT2D eigenvalue weighted by atomic mass is 16.3. The maximum absolute atomic E-state index is 12.9. The molecule has 4 rings (SSSR count). The number of amides is 1. The lowest BCUT2D eigenvalue weighted by atomic mass is 10.1. The number of rotatable bonds is 5. The molecule has 6 heteroatoms. The van der Waals surface area contributed by atoms with Crippen LogP contribution in [-0.4, -0.2) is 15.7 Å². The Kier molecular flexibility index (Phi) is 4.76. The van der Waals surface area contributed by atoms with E-state index in [0.29, 0.717) is 23.1 Å². The molecule has 0 aliphatic rings. The highest BCUT2D eigenvalue weighted by molar-refractivity contribution is 6.04. The summed E-state index contributed by atoms with van der Waals surface area (Å²) in [4.78, 5) is 25.8. The number of hydrogen-bond donors (Lipinski definition) is 1. The van der Waals surface area contributed by atoms with Crippen LogP contribution in [0.3, 0.4) is 0 Å². The van der Waals surface area contributed by atoms with E-state index in [1.807, 2.05) is 37.3 Å². The van der Waals surface area contributed by atoms with Crippen LogP contribution in [0.15, 0.2) is 82.2 Å². The monoisotopic (exact) mass is 373 g/mol. The second-order valence-electron chi connectivity index (χ2n) is 6.55. The molecule has 0 saturated carbocycles. The van der Waals surface area contributed by atoms with Gasteiger partial charge in [0.05, 0.1) is 24.2 Å². The molecule has 0 bridgehead atoms. The zero-order valence-electron chi connectivity index (χ0n) is 15.3. The van der Waals surface area contributed by atoms with Crippen molar-refractivity contribution in [2.75, 3.05) is 0 Å². The van der Waals surface area contributed by atoms with Crippen molar-refractivity contribution in [3.63, 3.8) is 0 Å². The first kappa shape index (κ1) is 17.7. The third kappa shape index (κ3) is 3.44. The van der Waals surface area contributed by atoms with Crippen LogP contribution in [0.5, 0.6) is 0 Å². The van der Waals surface area contributed by atoms with Gasteiger partial charge in [-0.2, -0.15) is 5.10 Å². The van der Waals surface area contributed by atoms with E-state index in [2.05, 4.69) is 10.4 Å². The lowest BCUT2D eigenvalue weighted by molar-refractivity contribution is 0.0930. The second kappa shape index (κ2) is 7.52. The summed E-state index contributed by atoms with van der Waals surface area (Å²) in [6.07, 6.45) is 1.56. The lowest BCUT2D eigenvalue weighted by Gasteiger charge is -2.14. The lowest BCUT2D eigenvalue weighted by Crippen LogP contribution is -2.32. The van der Waals surface area contributed by atoms with Gasteiger partial charge in [-0.05, 0) is 30.7 Å². The van der Waals surface area contributed by atoms with E-state index in [-0.39, 0.29) is 23.2 Å². The van der Waals surface area contributed by atoms with Gasteiger partial charge in [0.2, 0.25) is 0 Å². The number of carbonyl (C=O) groups excluding carboxylic acids is 1. The van der Waals surface area contributed by atoms with Crippen LogP contribution in [0.1, 0.15) is 34.8 Å². The summed E-state index contributed by atoms with van der Waals surface area (Å²) in [5, 5.41) is 8.27. The Labute approximate surface area is 161 Å². The van der Waals surface area contributed by atoms with E-state index in [1.54, 1.807) is 42.7 Å². The third-order valence-corrected chi connectivity index (χ3v) is 4.58. The Balaban J connectivity index is 1.75. The van der Waals surface area contributed by atoms with Crippen molar-refractivity contribution >= 4 is 16.7 Å². The summed E-state index contributed by atoms with van der Waals surface area (Å²) in [6, 6.07) is 19.8. The first-order valence-corrected chi connectivity index (χ1v) is 9.01. The van der Waals surface area contributed by atoms with Gasteiger partial charge in [0.15, 0.2) is 5.69 Å². The third-order valence-electron chi connectivity index (χ3n) is 4.58. The molecule has 2 aromatic heterocycles. The van der Waals surface area contributed by atoms with E-state index in [9.17, 15) is 9.59 Å². The summed E-state index contributed by atoms with van der Waals surface area (Å²) in [7, 11) is 0. The molecule has 0 spiro atoms. The zero-order chi connectivity index (χ0) is 19.5.